The van der Waals surface area contributed by atoms with Crippen molar-refractivity contribution in [2.24, 2.45) is 10.8 Å². The molecular formula is C36H49N5O7S. The van der Waals surface area contributed by atoms with E-state index in [-0.39, 0.29) is 12.8 Å². The van der Waals surface area contributed by atoms with Crippen LogP contribution >= 0.6 is 11.3 Å². The van der Waals surface area contributed by atoms with Crippen LogP contribution < -0.4 is 21.3 Å². The molecule has 0 saturated heterocycles. The number of nitrogens with zero attached hydrogens (tertiary/aromatic N) is 1. The second kappa shape index (κ2) is 17.3. The summed E-state index contributed by atoms with van der Waals surface area (Å²) in [5.74, 6) is -1.04. The molecule has 0 radical (unpaired) electrons. The molecule has 0 spiro atoms. The maximum Gasteiger partial charge on any atom is 0.407 e. The fourth-order valence-corrected chi connectivity index (χ4v) is 6.08. The first kappa shape index (κ1) is 39.0. The highest BCUT2D eigenvalue weighted by Gasteiger charge is 2.37. The van der Waals surface area contributed by atoms with E-state index in [0.717, 1.165) is 21.7 Å². The number of benzene rings is 2. The van der Waals surface area contributed by atoms with Gasteiger partial charge in [-0.1, -0.05) is 96.1 Å². The smallest absolute Gasteiger partial charge is 0.407 e. The van der Waals surface area contributed by atoms with E-state index in [1.165, 1.54) is 18.4 Å². The van der Waals surface area contributed by atoms with Gasteiger partial charge < -0.3 is 36.2 Å². The Morgan fingerprint density at radius 1 is 0.796 bits per heavy atom. The molecule has 4 amide bonds. The van der Waals surface area contributed by atoms with Crippen molar-refractivity contribution in [2.75, 3.05) is 7.11 Å². The molecule has 0 bridgehead atoms. The summed E-state index contributed by atoms with van der Waals surface area (Å²) in [6.07, 6.45) is -0.925. The van der Waals surface area contributed by atoms with Gasteiger partial charge in [-0.25, -0.2) is 14.6 Å². The van der Waals surface area contributed by atoms with Crippen molar-refractivity contribution in [1.29, 1.82) is 0 Å². The lowest BCUT2D eigenvalue weighted by molar-refractivity contribution is -0.128. The van der Waals surface area contributed by atoms with Crippen LogP contribution in [-0.4, -0.2) is 76.6 Å². The lowest BCUT2D eigenvalue weighted by atomic mass is 9.85. The highest BCUT2D eigenvalue weighted by Crippen LogP contribution is 2.25. The molecule has 0 aliphatic carbocycles. The number of nitrogens with one attached hydrogen (secondary N) is 4. The lowest BCUT2D eigenvalue weighted by Crippen LogP contribution is -2.58. The number of rotatable bonds is 14. The molecule has 3 aromatic rings. The number of aliphatic hydroxyl groups excluding tert-OH is 1. The molecule has 6 N–H and O–H groups in total. The fourth-order valence-electron chi connectivity index (χ4n) is 5.44. The van der Waals surface area contributed by atoms with Crippen LogP contribution in [0.25, 0.3) is 10.6 Å². The summed E-state index contributed by atoms with van der Waals surface area (Å²) in [6, 6.07) is 13.5. The molecule has 0 aliphatic heterocycles. The number of thiazole rings is 1. The Morgan fingerprint density at radius 3 is 1.90 bits per heavy atom. The Hall–Kier alpha value is -4.49. The van der Waals surface area contributed by atoms with Gasteiger partial charge in [0.2, 0.25) is 11.8 Å². The van der Waals surface area contributed by atoms with Gasteiger partial charge in [0, 0.05) is 23.2 Å². The maximum atomic E-state index is 13.8. The lowest BCUT2D eigenvalue weighted by Gasteiger charge is -2.34. The number of carboxylic acid groups (broad SMARTS) is 1. The Kier molecular flexibility index (Phi) is 13.7. The molecule has 49 heavy (non-hydrogen) atoms. The first-order valence-electron chi connectivity index (χ1n) is 16.1. The van der Waals surface area contributed by atoms with Crippen LogP contribution in [-0.2, 0) is 27.2 Å². The second-order valence-electron chi connectivity index (χ2n) is 14.2. The van der Waals surface area contributed by atoms with Crippen molar-refractivity contribution in [3.8, 4) is 10.6 Å². The van der Waals surface area contributed by atoms with E-state index >= 15 is 0 Å². The molecule has 1 aromatic heterocycles. The average Bonchev–Trinajstić information content (AvgIpc) is 3.57. The van der Waals surface area contributed by atoms with Crippen molar-refractivity contribution in [2.45, 2.75) is 91.1 Å². The van der Waals surface area contributed by atoms with E-state index in [1.54, 1.807) is 27.0 Å². The summed E-state index contributed by atoms with van der Waals surface area (Å²) in [6.45, 7) is 10.7. The highest BCUT2D eigenvalue weighted by molar-refractivity contribution is 7.13. The van der Waals surface area contributed by atoms with Gasteiger partial charge in [-0.05, 0) is 41.2 Å². The van der Waals surface area contributed by atoms with Gasteiger partial charge in [0.15, 0.2) is 0 Å². The monoisotopic (exact) mass is 695 g/mol. The standard InChI is InChI=1S/C36H49N5O7S/c1-35(2,3)28(40-33(45)46)31(44)39-26(20-22-11-9-8-10-12-22)27(42)21-25(38-30(43)29(36(4,5)6)41-34(47)48-7)19-23-13-15-24(16-14-23)32-37-17-18-49-32/h8-18,25-29,40,42H,19-21H2,1-7H3,(H,38,43)(H,39,44)(H,41,47)(H,45,46)/t25-,26-,27-,28+,29+/m0/s1. The van der Waals surface area contributed by atoms with Crippen molar-refractivity contribution >= 4 is 35.3 Å². The van der Waals surface area contributed by atoms with Gasteiger partial charge in [0.1, 0.15) is 17.1 Å². The minimum absolute atomic E-state index is 0.0272. The molecule has 2 aromatic carbocycles. The number of hydrogen-bond donors (Lipinski definition) is 6. The first-order chi connectivity index (χ1) is 23.0. The summed E-state index contributed by atoms with van der Waals surface area (Å²) >= 11 is 1.52. The number of hydrogen-bond acceptors (Lipinski definition) is 8. The Balaban J connectivity index is 1.94. The largest absolute Gasteiger partial charge is 0.465 e. The van der Waals surface area contributed by atoms with Crippen LogP contribution in [0.3, 0.4) is 0 Å². The number of amides is 4. The molecule has 13 heteroatoms. The van der Waals surface area contributed by atoms with Crippen molar-refractivity contribution in [3.05, 3.63) is 77.3 Å². The molecule has 0 fully saturated rings. The Labute approximate surface area is 292 Å². The van der Waals surface area contributed by atoms with Gasteiger partial charge in [-0.15, -0.1) is 11.3 Å². The van der Waals surface area contributed by atoms with Gasteiger partial charge in [-0.3, -0.25) is 9.59 Å². The number of ether oxygens (including phenoxy) is 1. The number of methoxy groups -OCH3 is 1. The number of carbonyl (C=O) groups is 4. The van der Waals surface area contributed by atoms with Crippen LogP contribution in [0.2, 0.25) is 0 Å². The minimum atomic E-state index is -1.34. The predicted molar refractivity (Wildman–Crippen MR) is 189 cm³/mol. The number of alkyl carbamates (subject to hydrolysis) is 1. The second-order valence-corrected chi connectivity index (χ2v) is 15.1. The van der Waals surface area contributed by atoms with E-state index in [9.17, 15) is 29.4 Å². The SMILES string of the molecule is COC(=O)N[C@H](C(=O)N[C@@H](Cc1ccc(-c2nccs2)cc1)C[C@H](O)[C@H](Cc1ccccc1)NC(=O)[C@@H](NC(=O)O)C(C)(C)C)C(C)(C)C. The number of carbonyl (C=O) groups excluding carboxylic acids is 3. The fraction of sp³-hybridized carbons (Fsp3) is 0.472. The zero-order valence-electron chi connectivity index (χ0n) is 29.2. The van der Waals surface area contributed by atoms with E-state index in [1.807, 2.05) is 80.7 Å². The highest BCUT2D eigenvalue weighted by atomic mass is 32.1. The van der Waals surface area contributed by atoms with Gasteiger partial charge in [0.05, 0.1) is 19.3 Å². The third kappa shape index (κ3) is 12.2. The van der Waals surface area contributed by atoms with Crippen molar-refractivity contribution < 1.29 is 34.1 Å². The van der Waals surface area contributed by atoms with Gasteiger partial charge >= 0.3 is 12.2 Å². The van der Waals surface area contributed by atoms with Gasteiger partial charge in [-0.2, -0.15) is 0 Å². The zero-order chi connectivity index (χ0) is 36.4. The van der Waals surface area contributed by atoms with Crippen LogP contribution in [0.4, 0.5) is 9.59 Å². The molecule has 1 heterocycles. The molecule has 0 aliphatic rings. The summed E-state index contributed by atoms with van der Waals surface area (Å²) in [4.78, 5) is 55.5. The molecule has 12 nitrogen and oxygen atoms in total. The normalized spacial score (nSPS) is 14.8. The van der Waals surface area contributed by atoms with E-state index in [2.05, 4.69) is 26.3 Å². The molecule has 5 atom stereocenters. The molecule has 266 valence electrons. The number of aliphatic hydroxyl groups is 1. The predicted octanol–water partition coefficient (Wildman–Crippen LogP) is 4.77. The zero-order valence-corrected chi connectivity index (χ0v) is 30.0. The average molecular weight is 696 g/mol. The Bertz CT molecular complexity index is 1520. The van der Waals surface area contributed by atoms with Gasteiger partial charge in [0.25, 0.3) is 0 Å². The topological polar surface area (TPSA) is 179 Å². The summed E-state index contributed by atoms with van der Waals surface area (Å²) < 4.78 is 4.77. The first-order valence-corrected chi connectivity index (χ1v) is 17.0. The van der Waals surface area contributed by atoms with Crippen LogP contribution in [0, 0.1) is 10.8 Å². The van der Waals surface area contributed by atoms with Crippen LogP contribution in [0.1, 0.15) is 59.1 Å². The molecule has 0 unspecified atom stereocenters. The van der Waals surface area contributed by atoms with Crippen LogP contribution in [0.5, 0.6) is 0 Å². The van der Waals surface area contributed by atoms with E-state index in [0.29, 0.717) is 6.42 Å². The minimum Gasteiger partial charge on any atom is -0.465 e. The molecule has 3 rings (SSSR count). The van der Waals surface area contributed by atoms with Crippen molar-refractivity contribution in [3.63, 3.8) is 0 Å². The molecular weight excluding hydrogens is 646 g/mol. The maximum absolute atomic E-state index is 13.8. The summed E-state index contributed by atoms with van der Waals surface area (Å²) in [7, 11) is 1.22. The summed E-state index contributed by atoms with van der Waals surface area (Å²) in [5, 5.41) is 34.9. The van der Waals surface area contributed by atoms with E-state index < -0.39 is 65.1 Å². The Morgan fingerprint density at radius 2 is 1.37 bits per heavy atom. The van der Waals surface area contributed by atoms with E-state index in [4.69, 9.17) is 4.74 Å². The quantitative estimate of drug-likeness (QED) is 0.140. The third-order valence-electron chi connectivity index (χ3n) is 8.05. The van der Waals surface area contributed by atoms with Crippen LogP contribution in [0.15, 0.2) is 66.2 Å². The molecule has 0 saturated carbocycles. The number of aromatic nitrogens is 1. The van der Waals surface area contributed by atoms with Crippen molar-refractivity contribution in [1.82, 2.24) is 26.3 Å². The summed E-state index contributed by atoms with van der Waals surface area (Å²) in [5.41, 5.74) is 1.23. The third-order valence-corrected chi connectivity index (χ3v) is 8.87.